The fraction of sp³-hybridized carbons (Fsp3) is 0.348. The zero-order chi connectivity index (χ0) is 20.9. The number of nitrogens with zero attached hydrogens (tertiary/aromatic N) is 2. The van der Waals surface area contributed by atoms with E-state index in [-0.39, 0.29) is 24.4 Å². The van der Waals surface area contributed by atoms with Crippen molar-refractivity contribution in [1.29, 1.82) is 0 Å². The molecule has 1 fully saturated rings. The van der Waals surface area contributed by atoms with Gasteiger partial charge in [-0.2, -0.15) is 4.98 Å². The number of oxazole rings is 1. The van der Waals surface area contributed by atoms with Crippen LogP contribution in [-0.2, 0) is 20.7 Å². The molecule has 0 saturated carbocycles. The molecule has 156 valence electrons. The number of rotatable bonds is 6. The number of esters is 1. The highest BCUT2D eigenvalue weighted by molar-refractivity contribution is 5.92. The average Bonchev–Trinajstić information content (AvgIpc) is 3.22. The molecule has 7 heteroatoms. The molecule has 1 saturated heterocycles. The summed E-state index contributed by atoms with van der Waals surface area (Å²) in [6.45, 7) is 3.11. The van der Waals surface area contributed by atoms with Crippen molar-refractivity contribution in [1.82, 2.24) is 4.98 Å². The summed E-state index contributed by atoms with van der Waals surface area (Å²) >= 11 is 0. The minimum Gasteiger partial charge on any atom is -0.455 e. The Hall–Kier alpha value is -3.35. The number of hydrogen-bond donors (Lipinski definition) is 1. The fourth-order valence-corrected chi connectivity index (χ4v) is 3.58. The first kappa shape index (κ1) is 19.9. The summed E-state index contributed by atoms with van der Waals surface area (Å²) < 4.78 is 11.0. The maximum atomic E-state index is 12.4. The highest BCUT2D eigenvalue weighted by atomic mass is 16.5. The molecule has 1 amide bonds. The lowest BCUT2D eigenvalue weighted by molar-refractivity contribution is -0.152. The van der Waals surface area contributed by atoms with Crippen LogP contribution < -0.4 is 10.2 Å². The van der Waals surface area contributed by atoms with Crippen LogP contribution >= 0.6 is 0 Å². The number of ether oxygens (including phenoxy) is 1. The van der Waals surface area contributed by atoms with Crippen LogP contribution in [0.2, 0.25) is 0 Å². The number of hydrogen-bond acceptors (Lipinski definition) is 6. The lowest BCUT2D eigenvalue weighted by Crippen LogP contribution is -2.37. The van der Waals surface area contributed by atoms with Gasteiger partial charge in [0.15, 0.2) is 12.2 Å². The first-order chi connectivity index (χ1) is 14.6. The summed E-state index contributed by atoms with van der Waals surface area (Å²) in [4.78, 5) is 31.0. The van der Waals surface area contributed by atoms with Crippen molar-refractivity contribution in [3.05, 3.63) is 54.1 Å². The molecule has 1 N–H and O–H groups in total. The Balaban J connectivity index is 1.23. The van der Waals surface area contributed by atoms with E-state index < -0.39 is 0 Å². The van der Waals surface area contributed by atoms with Gasteiger partial charge in [0.1, 0.15) is 5.52 Å². The summed E-state index contributed by atoms with van der Waals surface area (Å²) in [7, 11) is 0. The van der Waals surface area contributed by atoms with E-state index in [1.807, 2.05) is 53.4 Å². The predicted molar refractivity (Wildman–Crippen MR) is 114 cm³/mol. The van der Waals surface area contributed by atoms with Crippen molar-refractivity contribution in [2.45, 2.75) is 26.2 Å². The lowest BCUT2D eigenvalue weighted by atomic mass is 9.97. The van der Waals surface area contributed by atoms with Crippen molar-refractivity contribution in [3.63, 3.8) is 0 Å². The monoisotopic (exact) mass is 407 g/mol. The topological polar surface area (TPSA) is 84.7 Å². The molecule has 4 rings (SSSR count). The number of para-hydroxylation sites is 2. The van der Waals surface area contributed by atoms with Crippen LogP contribution in [0.15, 0.2) is 52.9 Å². The van der Waals surface area contributed by atoms with Gasteiger partial charge in [0, 0.05) is 18.8 Å². The largest absolute Gasteiger partial charge is 0.455 e. The van der Waals surface area contributed by atoms with Gasteiger partial charge in [-0.3, -0.25) is 9.59 Å². The lowest BCUT2D eigenvalue weighted by Gasteiger charge is -2.29. The summed E-state index contributed by atoms with van der Waals surface area (Å²) in [5.41, 5.74) is 3.47. The van der Waals surface area contributed by atoms with Crippen LogP contribution in [-0.4, -0.2) is 36.6 Å². The molecular weight excluding hydrogens is 382 g/mol. The normalized spacial score (nSPS) is 14.6. The number of benzene rings is 2. The minimum absolute atomic E-state index is 0.220. The number of aryl methyl sites for hydroxylation is 1. The number of carbonyl (C=O) groups is 2. The van der Waals surface area contributed by atoms with E-state index in [1.54, 1.807) is 0 Å². The zero-order valence-corrected chi connectivity index (χ0v) is 17.0. The first-order valence-corrected chi connectivity index (χ1v) is 10.3. The van der Waals surface area contributed by atoms with E-state index in [0.717, 1.165) is 17.5 Å². The van der Waals surface area contributed by atoms with E-state index in [1.165, 1.54) is 5.56 Å². The van der Waals surface area contributed by atoms with Crippen LogP contribution in [0.4, 0.5) is 11.7 Å². The van der Waals surface area contributed by atoms with Crippen molar-refractivity contribution >= 4 is 34.7 Å². The zero-order valence-electron chi connectivity index (χ0n) is 17.0. The van der Waals surface area contributed by atoms with Crippen molar-refractivity contribution < 1.29 is 18.7 Å². The Morgan fingerprint density at radius 3 is 2.57 bits per heavy atom. The number of carbonyl (C=O) groups excluding carboxylic acids is 2. The number of fused-ring (bicyclic) bond motifs is 1. The molecule has 2 heterocycles. The minimum atomic E-state index is -0.337. The molecule has 3 aromatic rings. The average molecular weight is 407 g/mol. The van der Waals surface area contributed by atoms with Crippen LogP contribution in [0.25, 0.3) is 11.1 Å². The molecule has 30 heavy (non-hydrogen) atoms. The SMILES string of the molecule is CCc1ccc(NC(=O)COC(=O)C2CCN(c3nc4ccccc4o3)CC2)cc1. The van der Waals surface area contributed by atoms with Crippen molar-refractivity contribution in [2.24, 2.45) is 5.92 Å². The van der Waals surface area contributed by atoms with Gasteiger partial charge in [-0.1, -0.05) is 31.2 Å². The number of aromatic nitrogens is 1. The van der Waals surface area contributed by atoms with Gasteiger partial charge in [-0.15, -0.1) is 0 Å². The van der Waals surface area contributed by atoms with Gasteiger partial charge >= 0.3 is 5.97 Å². The molecule has 0 unspecified atom stereocenters. The number of anilines is 2. The summed E-state index contributed by atoms with van der Waals surface area (Å²) in [6.07, 6.45) is 2.21. The third-order valence-corrected chi connectivity index (χ3v) is 5.37. The standard InChI is InChI=1S/C23H25N3O4/c1-2-16-7-9-18(10-8-16)24-21(27)15-29-22(28)17-11-13-26(14-12-17)23-25-19-5-3-4-6-20(19)30-23/h3-10,17H,2,11-15H2,1H3,(H,24,27). The van der Waals surface area contributed by atoms with Gasteiger partial charge < -0.3 is 19.4 Å². The van der Waals surface area contributed by atoms with E-state index in [2.05, 4.69) is 17.2 Å². The molecule has 0 bridgehead atoms. The van der Waals surface area contributed by atoms with E-state index in [0.29, 0.717) is 37.6 Å². The van der Waals surface area contributed by atoms with Crippen molar-refractivity contribution in [2.75, 3.05) is 29.9 Å². The van der Waals surface area contributed by atoms with Crippen LogP contribution in [0, 0.1) is 5.92 Å². The predicted octanol–water partition coefficient (Wildman–Crippen LogP) is 3.79. The molecule has 1 aromatic heterocycles. The third kappa shape index (κ3) is 4.62. The van der Waals surface area contributed by atoms with Gasteiger partial charge in [-0.05, 0) is 49.1 Å². The van der Waals surface area contributed by atoms with E-state index in [9.17, 15) is 9.59 Å². The molecule has 0 atom stereocenters. The second-order valence-electron chi connectivity index (χ2n) is 7.43. The van der Waals surface area contributed by atoms with E-state index in [4.69, 9.17) is 9.15 Å². The number of piperidine rings is 1. The highest BCUT2D eigenvalue weighted by Crippen LogP contribution is 2.26. The molecule has 2 aromatic carbocycles. The molecule has 1 aliphatic rings. The summed E-state index contributed by atoms with van der Waals surface area (Å²) in [5, 5.41) is 2.75. The Bertz CT molecular complexity index is 987. The molecule has 0 aliphatic carbocycles. The Morgan fingerprint density at radius 1 is 1.13 bits per heavy atom. The summed E-state index contributed by atoms with van der Waals surface area (Å²) in [5.74, 6) is -0.887. The van der Waals surface area contributed by atoms with Gasteiger partial charge in [-0.25, -0.2) is 0 Å². The van der Waals surface area contributed by atoms with Crippen LogP contribution in [0.5, 0.6) is 0 Å². The van der Waals surface area contributed by atoms with Gasteiger partial charge in [0.2, 0.25) is 0 Å². The Morgan fingerprint density at radius 2 is 1.87 bits per heavy atom. The first-order valence-electron chi connectivity index (χ1n) is 10.3. The maximum Gasteiger partial charge on any atom is 0.309 e. The van der Waals surface area contributed by atoms with Crippen molar-refractivity contribution in [3.8, 4) is 0 Å². The smallest absolute Gasteiger partial charge is 0.309 e. The molecule has 0 spiro atoms. The molecule has 0 radical (unpaired) electrons. The maximum absolute atomic E-state index is 12.4. The van der Waals surface area contributed by atoms with Gasteiger partial charge in [0.05, 0.1) is 5.92 Å². The fourth-order valence-electron chi connectivity index (χ4n) is 3.58. The van der Waals surface area contributed by atoms with Gasteiger partial charge in [0.25, 0.3) is 11.9 Å². The second-order valence-corrected chi connectivity index (χ2v) is 7.43. The molecular formula is C23H25N3O4. The number of nitrogens with one attached hydrogen (secondary N) is 1. The van der Waals surface area contributed by atoms with Crippen LogP contribution in [0.3, 0.4) is 0 Å². The number of amides is 1. The van der Waals surface area contributed by atoms with Crippen LogP contribution in [0.1, 0.15) is 25.3 Å². The quantitative estimate of drug-likeness (QED) is 0.626. The Labute approximate surface area is 175 Å². The second kappa shape index (κ2) is 8.98. The molecule has 1 aliphatic heterocycles. The Kier molecular flexibility index (Phi) is 5.97. The third-order valence-electron chi connectivity index (χ3n) is 5.37. The highest BCUT2D eigenvalue weighted by Gasteiger charge is 2.28. The molecule has 7 nitrogen and oxygen atoms in total. The summed E-state index contributed by atoms with van der Waals surface area (Å²) in [6, 6.07) is 15.8. The van der Waals surface area contributed by atoms with E-state index >= 15 is 0 Å².